The molecular formula is C19H26N6O7S. The molecule has 14 heteroatoms. The number of carbonyl (C=O) groups is 1. The molecule has 0 spiro atoms. The zero-order valence-corrected chi connectivity index (χ0v) is 19.1. The highest BCUT2D eigenvalue weighted by Crippen LogP contribution is 2.33. The van der Waals surface area contributed by atoms with Crippen molar-refractivity contribution in [2.45, 2.75) is 23.3 Å². The van der Waals surface area contributed by atoms with Crippen LogP contribution in [0.2, 0.25) is 0 Å². The van der Waals surface area contributed by atoms with Crippen molar-refractivity contribution in [2.24, 2.45) is 16.6 Å². The number of pyridine rings is 1. The van der Waals surface area contributed by atoms with Gasteiger partial charge in [-0.05, 0) is 30.3 Å². The summed E-state index contributed by atoms with van der Waals surface area (Å²) in [5, 5.41) is 5.81. The number of nitrogens with one attached hydrogen (secondary N) is 1. The van der Waals surface area contributed by atoms with Gasteiger partial charge in [0, 0.05) is 11.8 Å². The lowest BCUT2D eigenvalue weighted by molar-refractivity contribution is -0.122. The van der Waals surface area contributed by atoms with Crippen molar-refractivity contribution in [3.63, 3.8) is 0 Å². The van der Waals surface area contributed by atoms with Crippen LogP contribution in [0.5, 0.6) is 11.5 Å². The van der Waals surface area contributed by atoms with Crippen LogP contribution in [0.1, 0.15) is 5.69 Å². The van der Waals surface area contributed by atoms with E-state index in [1.54, 1.807) is 0 Å². The van der Waals surface area contributed by atoms with Crippen LogP contribution in [0.4, 0.5) is 5.69 Å². The number of rotatable bonds is 10. The summed E-state index contributed by atoms with van der Waals surface area (Å²) in [5.41, 5.74) is 15.2. The molecule has 1 aromatic heterocycles. The lowest BCUT2D eigenvalue weighted by Gasteiger charge is -2.16. The van der Waals surface area contributed by atoms with Crippen molar-refractivity contribution in [2.75, 3.05) is 33.1 Å². The molecule has 0 aliphatic carbocycles. The van der Waals surface area contributed by atoms with E-state index in [1.165, 1.54) is 45.4 Å². The van der Waals surface area contributed by atoms with Crippen molar-refractivity contribution in [3.8, 4) is 11.5 Å². The normalized spacial score (nSPS) is 10.9. The number of nitrogen functional groups attached to an aromatic ring is 1. The molecule has 33 heavy (non-hydrogen) atoms. The second kappa shape index (κ2) is 10.6. The molecular weight excluding hydrogens is 456 g/mol. The Labute approximate surface area is 190 Å². The molecule has 180 valence electrons. The number of amides is 1. The second-order valence-electron chi connectivity index (χ2n) is 6.68. The van der Waals surface area contributed by atoms with Gasteiger partial charge in [-0.15, -0.1) is 0 Å². The van der Waals surface area contributed by atoms with E-state index >= 15 is 0 Å². The number of methoxy groups -OCH3 is 2. The Kier molecular flexibility index (Phi) is 8.12. The third kappa shape index (κ3) is 5.85. The first-order chi connectivity index (χ1) is 15.5. The largest absolute Gasteiger partial charge is 0.497 e. The predicted octanol–water partition coefficient (Wildman–Crippen LogP) is -1.09. The highest BCUT2D eigenvalue weighted by atomic mass is 32.2. The van der Waals surface area contributed by atoms with E-state index in [4.69, 9.17) is 31.5 Å². The number of nitrogens with zero attached hydrogens (tertiary/aromatic N) is 2. The summed E-state index contributed by atoms with van der Waals surface area (Å²) >= 11 is 0. The van der Waals surface area contributed by atoms with Gasteiger partial charge >= 0.3 is 0 Å². The summed E-state index contributed by atoms with van der Waals surface area (Å²) in [4.78, 5) is 29.2. The molecule has 0 aliphatic heterocycles. The number of aromatic nitrogens is 1. The summed E-state index contributed by atoms with van der Waals surface area (Å²) < 4.78 is 38.0. The minimum absolute atomic E-state index is 0.000225. The number of ether oxygens (including phenoxy) is 2. The van der Waals surface area contributed by atoms with E-state index in [0.717, 1.165) is 4.57 Å². The second-order valence-corrected chi connectivity index (χ2v) is 8.54. The molecule has 0 saturated carbocycles. The Morgan fingerprint density at radius 1 is 1.18 bits per heavy atom. The van der Waals surface area contributed by atoms with Crippen molar-refractivity contribution in [1.82, 2.24) is 9.88 Å². The van der Waals surface area contributed by atoms with Crippen LogP contribution < -0.4 is 37.6 Å². The number of anilines is 1. The van der Waals surface area contributed by atoms with E-state index in [1.807, 2.05) is 0 Å². The molecule has 13 nitrogen and oxygen atoms in total. The first-order valence-corrected chi connectivity index (χ1v) is 11.0. The van der Waals surface area contributed by atoms with Crippen molar-refractivity contribution < 1.29 is 27.5 Å². The molecule has 0 fully saturated rings. The first kappa shape index (κ1) is 25.3. The van der Waals surface area contributed by atoms with Gasteiger partial charge in [-0.1, -0.05) is 0 Å². The number of benzene rings is 1. The predicted molar refractivity (Wildman–Crippen MR) is 120 cm³/mol. The summed E-state index contributed by atoms with van der Waals surface area (Å²) in [6.45, 7) is 1.10. The van der Waals surface area contributed by atoms with Gasteiger partial charge in [0.1, 0.15) is 29.5 Å². The Morgan fingerprint density at radius 2 is 1.88 bits per heavy atom. The van der Waals surface area contributed by atoms with Gasteiger partial charge < -0.3 is 41.4 Å². The zero-order valence-electron chi connectivity index (χ0n) is 18.3. The molecule has 7 N–H and O–H groups in total. The van der Waals surface area contributed by atoms with E-state index in [0.29, 0.717) is 5.69 Å². The fraction of sp³-hybridized carbons (Fsp3) is 0.316. The quantitative estimate of drug-likeness (QED) is 0.139. The van der Waals surface area contributed by atoms with Gasteiger partial charge in [0.15, 0.2) is 4.90 Å². The Morgan fingerprint density at radius 3 is 2.48 bits per heavy atom. The summed E-state index contributed by atoms with van der Waals surface area (Å²) in [5.74, 6) is -0.602. The number of hydrogen-bond donors (Lipinski definition) is 4. The van der Waals surface area contributed by atoms with E-state index < -0.39 is 32.7 Å². The van der Waals surface area contributed by atoms with Crippen LogP contribution in [-0.4, -0.2) is 52.2 Å². The lowest BCUT2D eigenvalue weighted by Crippen LogP contribution is -2.37. The molecule has 0 saturated heterocycles. The summed E-state index contributed by atoms with van der Waals surface area (Å²) in [6, 6.07) is 5.43. The first-order valence-electron chi connectivity index (χ1n) is 9.47. The van der Waals surface area contributed by atoms with Crippen LogP contribution in [0, 0.1) is 6.92 Å². The van der Waals surface area contributed by atoms with Crippen LogP contribution in [-0.2, 0) is 26.0 Å². The maximum atomic E-state index is 13.4. The monoisotopic (exact) mass is 482 g/mol. The molecule has 0 atom stereocenters. The van der Waals surface area contributed by atoms with Crippen molar-refractivity contribution >= 4 is 27.4 Å². The molecule has 2 rings (SSSR count). The van der Waals surface area contributed by atoms with Gasteiger partial charge in [0.2, 0.25) is 21.7 Å². The highest BCUT2D eigenvalue weighted by Gasteiger charge is 2.30. The molecule has 0 bridgehead atoms. The Balaban J connectivity index is 2.41. The molecule has 1 aromatic carbocycles. The van der Waals surface area contributed by atoms with Crippen LogP contribution in [0.15, 0.2) is 44.0 Å². The van der Waals surface area contributed by atoms with Crippen LogP contribution in [0.25, 0.3) is 0 Å². The van der Waals surface area contributed by atoms with Gasteiger partial charge in [0.25, 0.3) is 5.56 Å². The molecule has 0 radical (unpaired) electrons. The van der Waals surface area contributed by atoms with Gasteiger partial charge in [0.05, 0.1) is 26.5 Å². The lowest BCUT2D eigenvalue weighted by atomic mass is 10.3. The van der Waals surface area contributed by atoms with Crippen LogP contribution >= 0.6 is 0 Å². The number of sulfone groups is 1. The van der Waals surface area contributed by atoms with Crippen LogP contribution in [0.3, 0.4) is 0 Å². The van der Waals surface area contributed by atoms with Crippen molar-refractivity contribution in [1.29, 1.82) is 0 Å². The topological polar surface area (TPSA) is 203 Å². The minimum Gasteiger partial charge on any atom is -0.497 e. The number of guanidine groups is 1. The number of oxime groups is 1. The maximum Gasteiger partial charge on any atom is 0.272 e. The number of hydrogen-bond acceptors (Lipinski definition) is 9. The van der Waals surface area contributed by atoms with E-state index in [-0.39, 0.29) is 41.2 Å². The number of nitrogens with two attached hydrogens (primary N) is 3. The van der Waals surface area contributed by atoms with Gasteiger partial charge in [-0.3, -0.25) is 9.59 Å². The smallest absolute Gasteiger partial charge is 0.272 e. The third-order valence-corrected chi connectivity index (χ3v) is 6.25. The highest BCUT2D eigenvalue weighted by molar-refractivity contribution is 7.91. The average Bonchev–Trinajstić information content (AvgIpc) is 2.75. The van der Waals surface area contributed by atoms with E-state index in [9.17, 15) is 18.0 Å². The fourth-order valence-electron chi connectivity index (χ4n) is 2.90. The minimum atomic E-state index is -4.44. The standard InChI is InChI=1S/C19H26N6O7S/c1-11-8-13(20)17(33(28,29)15-9-12(30-2)4-5-14(15)31-3)18(27)25(11)10-16(26)23-6-7-32-24-19(21)22/h4-5,8-9H,6-7,10,20H2,1-3H3,(H,23,26)(H4,21,22,24). The van der Waals surface area contributed by atoms with Gasteiger partial charge in [-0.2, -0.15) is 0 Å². The summed E-state index contributed by atoms with van der Waals surface area (Å²) in [7, 11) is -1.78. The fourth-order valence-corrected chi connectivity index (χ4v) is 4.52. The molecule has 1 heterocycles. The molecule has 1 amide bonds. The summed E-state index contributed by atoms with van der Waals surface area (Å²) in [6.07, 6.45) is 0. The zero-order chi connectivity index (χ0) is 24.8. The SMILES string of the molecule is COc1ccc(OC)c(S(=O)(=O)c2c(N)cc(C)n(CC(=O)NCCON=C(N)N)c2=O)c1. The molecule has 0 unspecified atom stereocenters. The van der Waals surface area contributed by atoms with Gasteiger partial charge in [-0.25, -0.2) is 8.42 Å². The average molecular weight is 483 g/mol. The Bertz CT molecular complexity index is 1220. The third-order valence-electron chi connectivity index (χ3n) is 4.41. The number of aryl methyl sites for hydroxylation is 1. The Hall–Kier alpha value is -3.94. The van der Waals surface area contributed by atoms with Crippen molar-refractivity contribution in [3.05, 3.63) is 40.3 Å². The van der Waals surface area contributed by atoms with E-state index in [2.05, 4.69) is 10.5 Å². The molecule has 2 aromatic rings. The maximum absolute atomic E-state index is 13.4. The molecule has 0 aliphatic rings. The number of carbonyl (C=O) groups excluding carboxylic acids is 1.